The van der Waals surface area contributed by atoms with Crippen LogP contribution in [-0.4, -0.2) is 53.0 Å². The van der Waals surface area contributed by atoms with Crippen LogP contribution >= 0.6 is 0 Å². The van der Waals surface area contributed by atoms with Gasteiger partial charge in [0.15, 0.2) is 0 Å². The van der Waals surface area contributed by atoms with Crippen LogP contribution in [0, 0.1) is 15.9 Å². The van der Waals surface area contributed by atoms with Crippen LogP contribution in [0.3, 0.4) is 0 Å². The molecule has 0 bridgehead atoms. The maximum Gasteiger partial charge on any atom is 0.270 e. The molecule has 2 aromatic rings. The van der Waals surface area contributed by atoms with Crippen molar-refractivity contribution in [2.45, 2.75) is 38.3 Å². The smallest absolute Gasteiger partial charge is 0.270 e. The lowest BCUT2D eigenvalue weighted by Crippen LogP contribution is -2.53. The zero-order valence-corrected chi connectivity index (χ0v) is 18.6. The highest BCUT2D eigenvalue weighted by molar-refractivity contribution is 5.99. The van der Waals surface area contributed by atoms with E-state index in [1.165, 1.54) is 6.92 Å². The quantitative estimate of drug-likeness (QED) is 0.208. The lowest BCUT2D eigenvalue weighted by Gasteiger charge is -2.21. The van der Waals surface area contributed by atoms with E-state index in [-0.39, 0.29) is 13.0 Å². The van der Waals surface area contributed by atoms with Crippen molar-refractivity contribution >= 4 is 23.4 Å². The number of nitrogens with zero attached hydrogens (tertiary/aromatic N) is 1. The fourth-order valence-electron chi connectivity index (χ4n) is 3.08. The number of hydrogen-bond acceptors (Lipinski definition) is 6. The third kappa shape index (κ3) is 7.93. The van der Waals surface area contributed by atoms with Crippen LogP contribution in [0.25, 0.3) is 0 Å². The molecule has 2 aromatic carbocycles. The lowest BCUT2D eigenvalue weighted by molar-refractivity contribution is -0.384. The van der Waals surface area contributed by atoms with Gasteiger partial charge in [-0.1, -0.05) is 30.3 Å². The molecular weight excluding hydrogens is 447 g/mol. The highest BCUT2D eigenvalue weighted by Gasteiger charge is 2.27. The lowest BCUT2D eigenvalue weighted by atomic mass is 10.0. The van der Waals surface area contributed by atoms with Gasteiger partial charge in [-0.15, -0.1) is 0 Å². The first-order chi connectivity index (χ1) is 16.2. The van der Waals surface area contributed by atoms with E-state index in [0.29, 0.717) is 24.9 Å². The number of nitrogens with one attached hydrogen (secondary N) is 3. The number of non-ortho nitro benzene ring substituents is 1. The van der Waals surface area contributed by atoms with Crippen LogP contribution in [0.5, 0.6) is 0 Å². The van der Waals surface area contributed by atoms with Gasteiger partial charge in [-0.05, 0) is 31.4 Å². The number of halogens is 1. The summed E-state index contributed by atoms with van der Waals surface area (Å²) in [6, 6.07) is 9.16. The SMILES string of the molecule is C[C@H](NC(=O)[C@H](Cc1ccccc1)NC(=O)c1cc([N+](=O)[O-])ccc1F)C(=O)NCCCCO. The molecule has 11 heteroatoms. The molecule has 2 rings (SSSR count). The summed E-state index contributed by atoms with van der Waals surface area (Å²) >= 11 is 0. The topological polar surface area (TPSA) is 151 Å². The zero-order chi connectivity index (χ0) is 25.1. The van der Waals surface area contributed by atoms with Crippen LogP contribution in [0.2, 0.25) is 0 Å². The Kier molecular flexibility index (Phi) is 10.1. The molecule has 0 unspecified atom stereocenters. The van der Waals surface area contributed by atoms with Crippen molar-refractivity contribution in [1.29, 1.82) is 0 Å². The average molecular weight is 474 g/mol. The predicted molar refractivity (Wildman–Crippen MR) is 121 cm³/mol. The van der Waals surface area contributed by atoms with E-state index < -0.39 is 51.8 Å². The van der Waals surface area contributed by atoms with Crippen LogP contribution < -0.4 is 16.0 Å². The highest BCUT2D eigenvalue weighted by Crippen LogP contribution is 2.17. The number of amides is 3. The van der Waals surface area contributed by atoms with Gasteiger partial charge in [0.1, 0.15) is 17.9 Å². The molecule has 182 valence electrons. The number of aliphatic hydroxyl groups excluding tert-OH is 1. The van der Waals surface area contributed by atoms with Gasteiger partial charge in [-0.25, -0.2) is 4.39 Å². The fourth-order valence-corrected chi connectivity index (χ4v) is 3.08. The number of nitro benzene ring substituents is 1. The normalized spacial score (nSPS) is 12.3. The second-order valence-corrected chi connectivity index (χ2v) is 7.59. The molecule has 0 fully saturated rings. The molecule has 34 heavy (non-hydrogen) atoms. The number of hydrogen-bond donors (Lipinski definition) is 4. The molecule has 0 aliphatic heterocycles. The molecule has 2 atom stereocenters. The molecule has 0 aromatic heterocycles. The van der Waals surface area contributed by atoms with Crippen LogP contribution in [-0.2, 0) is 16.0 Å². The number of carbonyl (C=O) groups is 3. The largest absolute Gasteiger partial charge is 0.396 e. The van der Waals surface area contributed by atoms with E-state index in [2.05, 4.69) is 16.0 Å². The van der Waals surface area contributed by atoms with Gasteiger partial charge in [-0.3, -0.25) is 24.5 Å². The third-order valence-corrected chi connectivity index (χ3v) is 4.95. The molecular formula is C23H27FN4O6. The number of rotatable bonds is 12. The molecule has 0 radical (unpaired) electrons. The van der Waals surface area contributed by atoms with E-state index >= 15 is 0 Å². The monoisotopic (exact) mass is 474 g/mol. The summed E-state index contributed by atoms with van der Waals surface area (Å²) in [5, 5.41) is 27.4. The molecule has 0 aliphatic carbocycles. The molecule has 0 spiro atoms. The zero-order valence-electron chi connectivity index (χ0n) is 18.6. The summed E-state index contributed by atoms with van der Waals surface area (Å²) in [6.45, 7) is 1.81. The molecule has 0 saturated heterocycles. The maximum absolute atomic E-state index is 14.2. The first-order valence-corrected chi connectivity index (χ1v) is 10.7. The number of carbonyl (C=O) groups excluding carboxylic acids is 3. The molecule has 0 heterocycles. The van der Waals surface area contributed by atoms with Crippen molar-refractivity contribution in [1.82, 2.24) is 16.0 Å². The predicted octanol–water partition coefficient (Wildman–Crippen LogP) is 1.47. The molecule has 0 saturated carbocycles. The molecule has 10 nitrogen and oxygen atoms in total. The number of benzene rings is 2. The summed E-state index contributed by atoms with van der Waals surface area (Å²) in [7, 11) is 0. The number of unbranched alkanes of at least 4 members (excludes halogenated alkanes) is 1. The van der Waals surface area contributed by atoms with Gasteiger partial charge in [-0.2, -0.15) is 0 Å². The average Bonchev–Trinajstić information content (AvgIpc) is 2.81. The maximum atomic E-state index is 14.2. The van der Waals surface area contributed by atoms with Crippen molar-refractivity contribution in [2.75, 3.05) is 13.2 Å². The van der Waals surface area contributed by atoms with Gasteiger partial charge >= 0.3 is 0 Å². The minimum Gasteiger partial charge on any atom is -0.396 e. The van der Waals surface area contributed by atoms with Gasteiger partial charge in [0.2, 0.25) is 11.8 Å². The van der Waals surface area contributed by atoms with Gasteiger partial charge in [0, 0.05) is 31.7 Å². The molecule has 3 amide bonds. The van der Waals surface area contributed by atoms with E-state index in [9.17, 15) is 28.9 Å². The minimum atomic E-state index is -1.18. The molecule has 4 N–H and O–H groups in total. The van der Waals surface area contributed by atoms with Crippen LogP contribution in [0.4, 0.5) is 10.1 Å². The second kappa shape index (κ2) is 13.0. The summed E-state index contributed by atoms with van der Waals surface area (Å²) in [6.07, 6.45) is 1.14. The number of nitro groups is 1. The third-order valence-electron chi connectivity index (χ3n) is 4.95. The second-order valence-electron chi connectivity index (χ2n) is 7.59. The minimum absolute atomic E-state index is 0.00813. The standard InChI is InChI=1S/C23H27FN4O6/c1-15(21(30)25-11-5-6-12-29)26-23(32)20(13-16-7-3-2-4-8-16)27-22(31)18-14-17(28(33)34)9-10-19(18)24/h2-4,7-10,14-15,20,29H,5-6,11-13H2,1H3,(H,25,30)(H,26,32)(H,27,31)/t15-,20-/m0/s1. The van der Waals surface area contributed by atoms with E-state index in [4.69, 9.17) is 5.11 Å². The van der Waals surface area contributed by atoms with Gasteiger partial charge in [0.05, 0.1) is 10.5 Å². The summed E-state index contributed by atoms with van der Waals surface area (Å²) in [5.41, 5.74) is -0.347. The Balaban J connectivity index is 2.15. The van der Waals surface area contributed by atoms with Crippen LogP contribution in [0.15, 0.2) is 48.5 Å². The summed E-state index contributed by atoms with van der Waals surface area (Å²) < 4.78 is 14.2. The Morgan fingerprint density at radius 2 is 1.76 bits per heavy atom. The number of aliphatic hydroxyl groups is 1. The first kappa shape index (κ1) is 26.4. The first-order valence-electron chi connectivity index (χ1n) is 10.7. The Morgan fingerprint density at radius 1 is 1.06 bits per heavy atom. The Hall–Kier alpha value is -3.86. The van der Waals surface area contributed by atoms with Crippen molar-refractivity contribution < 1.29 is 28.8 Å². The van der Waals surface area contributed by atoms with E-state index in [1.54, 1.807) is 30.3 Å². The Labute approximate surface area is 195 Å². The van der Waals surface area contributed by atoms with Gasteiger partial charge in [0.25, 0.3) is 11.6 Å². The van der Waals surface area contributed by atoms with Crippen molar-refractivity contribution in [3.63, 3.8) is 0 Å². The summed E-state index contributed by atoms with van der Waals surface area (Å²) in [4.78, 5) is 48.1. The fraction of sp³-hybridized carbons (Fsp3) is 0.348. The van der Waals surface area contributed by atoms with Crippen LogP contribution in [0.1, 0.15) is 35.7 Å². The van der Waals surface area contributed by atoms with Crippen molar-refractivity contribution in [2.24, 2.45) is 0 Å². The van der Waals surface area contributed by atoms with E-state index in [0.717, 1.165) is 18.2 Å². The van der Waals surface area contributed by atoms with Gasteiger partial charge < -0.3 is 21.1 Å². The Morgan fingerprint density at radius 3 is 2.41 bits per heavy atom. The molecule has 0 aliphatic rings. The van der Waals surface area contributed by atoms with Crippen molar-refractivity contribution in [3.8, 4) is 0 Å². The van der Waals surface area contributed by atoms with E-state index in [1.807, 2.05) is 0 Å². The summed E-state index contributed by atoms with van der Waals surface area (Å²) in [5.74, 6) is -3.10. The highest BCUT2D eigenvalue weighted by atomic mass is 19.1. The van der Waals surface area contributed by atoms with Crippen molar-refractivity contribution in [3.05, 3.63) is 75.6 Å². The Bertz CT molecular complexity index is 1020.